The maximum Gasteiger partial charge on any atom is 0.0587 e. The van der Waals surface area contributed by atoms with Crippen LogP contribution < -0.4 is 0 Å². The molecule has 1 nitrogen and oxygen atoms in total. The Kier molecular flexibility index (Phi) is 2.76. The van der Waals surface area contributed by atoms with Crippen molar-refractivity contribution < 1.29 is 5.11 Å². The summed E-state index contributed by atoms with van der Waals surface area (Å²) in [5, 5.41) is 9.08. The molecule has 0 aromatic carbocycles. The van der Waals surface area contributed by atoms with Crippen molar-refractivity contribution in [1.82, 2.24) is 0 Å². The molecule has 1 aliphatic rings. The van der Waals surface area contributed by atoms with E-state index in [1.807, 2.05) is 0 Å². The first-order valence-electron chi connectivity index (χ1n) is 4.02. The fourth-order valence-corrected chi connectivity index (χ4v) is 2.09. The summed E-state index contributed by atoms with van der Waals surface area (Å²) in [6.07, 6.45) is 3.18. The maximum absolute atomic E-state index is 9.08. The Morgan fingerprint density at radius 3 is 2.55 bits per heavy atom. The van der Waals surface area contributed by atoms with Gasteiger partial charge in [0, 0.05) is 0 Å². The van der Waals surface area contributed by atoms with Gasteiger partial charge in [-0.25, -0.2) is 0 Å². The molecule has 0 fully saturated rings. The lowest BCUT2D eigenvalue weighted by Gasteiger charge is -2.31. The molecule has 0 spiro atoms. The Hall–Kier alpha value is 0.180. The third-order valence-electron chi connectivity index (χ3n) is 2.54. The number of halogens is 1. The van der Waals surface area contributed by atoms with E-state index in [2.05, 4.69) is 29.8 Å². The average molecular weight is 219 g/mol. The van der Waals surface area contributed by atoms with Crippen molar-refractivity contribution in [1.29, 1.82) is 0 Å². The molecule has 1 N–H and O–H groups in total. The second-order valence-electron chi connectivity index (χ2n) is 3.55. The van der Waals surface area contributed by atoms with Crippen LogP contribution in [-0.2, 0) is 0 Å². The number of aliphatic hydroxyl groups excluding tert-OH is 1. The standard InChI is InChI=1S/C9H15BrO/c1-7-3-4-9(10,6-11)5-8(7)2/h11H,3-6H2,1-2H3. The van der Waals surface area contributed by atoms with Gasteiger partial charge < -0.3 is 5.11 Å². The third-order valence-corrected chi connectivity index (χ3v) is 3.47. The van der Waals surface area contributed by atoms with Crippen molar-refractivity contribution in [3.8, 4) is 0 Å². The first kappa shape index (κ1) is 9.27. The van der Waals surface area contributed by atoms with Gasteiger partial charge in [0.2, 0.25) is 0 Å². The first-order valence-corrected chi connectivity index (χ1v) is 4.82. The van der Waals surface area contributed by atoms with Gasteiger partial charge in [0.15, 0.2) is 0 Å². The van der Waals surface area contributed by atoms with Gasteiger partial charge in [-0.1, -0.05) is 27.1 Å². The molecule has 1 rings (SSSR count). The van der Waals surface area contributed by atoms with Crippen LogP contribution in [0.1, 0.15) is 33.1 Å². The number of allylic oxidation sites excluding steroid dienone is 2. The third kappa shape index (κ3) is 2.06. The molecule has 0 aromatic heterocycles. The molecule has 1 aliphatic carbocycles. The lowest BCUT2D eigenvalue weighted by atomic mass is 9.85. The van der Waals surface area contributed by atoms with Crippen LogP contribution in [0.25, 0.3) is 0 Å². The number of rotatable bonds is 1. The number of hydrogen-bond donors (Lipinski definition) is 1. The Morgan fingerprint density at radius 1 is 1.45 bits per heavy atom. The molecule has 0 amide bonds. The van der Waals surface area contributed by atoms with E-state index < -0.39 is 0 Å². The summed E-state index contributed by atoms with van der Waals surface area (Å²) in [6, 6.07) is 0. The average Bonchev–Trinajstić information content (AvgIpc) is 1.98. The zero-order valence-corrected chi connectivity index (χ0v) is 8.74. The molecular weight excluding hydrogens is 204 g/mol. The molecule has 0 bridgehead atoms. The minimum atomic E-state index is -0.0173. The van der Waals surface area contributed by atoms with E-state index in [0.29, 0.717) is 0 Å². The smallest absolute Gasteiger partial charge is 0.0587 e. The van der Waals surface area contributed by atoms with Crippen LogP contribution >= 0.6 is 15.9 Å². The van der Waals surface area contributed by atoms with Crippen molar-refractivity contribution in [3.63, 3.8) is 0 Å². The van der Waals surface area contributed by atoms with E-state index in [9.17, 15) is 0 Å². The van der Waals surface area contributed by atoms with Crippen LogP contribution in [-0.4, -0.2) is 16.0 Å². The van der Waals surface area contributed by atoms with Crippen LogP contribution in [0.5, 0.6) is 0 Å². The zero-order valence-electron chi connectivity index (χ0n) is 7.15. The summed E-state index contributed by atoms with van der Waals surface area (Å²) in [6.45, 7) is 4.58. The molecule has 1 unspecified atom stereocenters. The maximum atomic E-state index is 9.08. The topological polar surface area (TPSA) is 20.2 Å². The summed E-state index contributed by atoms with van der Waals surface area (Å²) in [5.41, 5.74) is 2.93. The molecular formula is C9H15BrO. The molecule has 1 atom stereocenters. The highest BCUT2D eigenvalue weighted by molar-refractivity contribution is 9.10. The Bertz CT molecular complexity index is 186. The summed E-state index contributed by atoms with van der Waals surface area (Å²) in [4.78, 5) is 0. The highest BCUT2D eigenvalue weighted by Gasteiger charge is 2.29. The van der Waals surface area contributed by atoms with E-state index in [0.717, 1.165) is 19.3 Å². The summed E-state index contributed by atoms with van der Waals surface area (Å²) < 4.78 is -0.0173. The van der Waals surface area contributed by atoms with Crippen LogP contribution in [0.2, 0.25) is 0 Å². The fraction of sp³-hybridized carbons (Fsp3) is 0.778. The van der Waals surface area contributed by atoms with Crippen molar-refractivity contribution in [2.24, 2.45) is 0 Å². The second-order valence-corrected chi connectivity index (χ2v) is 5.23. The molecule has 11 heavy (non-hydrogen) atoms. The number of alkyl halides is 1. The molecule has 0 saturated heterocycles. The summed E-state index contributed by atoms with van der Waals surface area (Å²) in [5.74, 6) is 0. The van der Waals surface area contributed by atoms with Gasteiger partial charge in [-0.2, -0.15) is 0 Å². The van der Waals surface area contributed by atoms with E-state index >= 15 is 0 Å². The predicted octanol–water partition coefficient (Wildman–Crippen LogP) is 2.63. The molecule has 0 saturated carbocycles. The summed E-state index contributed by atoms with van der Waals surface area (Å²) in [7, 11) is 0. The second kappa shape index (κ2) is 3.28. The fourth-order valence-electron chi connectivity index (χ4n) is 1.47. The number of aliphatic hydroxyl groups is 1. The van der Waals surface area contributed by atoms with Crippen LogP contribution in [0.15, 0.2) is 11.1 Å². The lowest BCUT2D eigenvalue weighted by Crippen LogP contribution is -2.29. The van der Waals surface area contributed by atoms with Crippen molar-refractivity contribution in [3.05, 3.63) is 11.1 Å². The highest BCUT2D eigenvalue weighted by atomic mass is 79.9. The normalized spacial score (nSPS) is 32.7. The van der Waals surface area contributed by atoms with E-state index in [1.165, 1.54) is 11.1 Å². The highest BCUT2D eigenvalue weighted by Crippen LogP contribution is 2.38. The van der Waals surface area contributed by atoms with E-state index in [1.54, 1.807) is 0 Å². The quantitative estimate of drug-likeness (QED) is 0.531. The monoisotopic (exact) mass is 218 g/mol. The van der Waals surface area contributed by atoms with E-state index in [-0.39, 0.29) is 10.9 Å². The van der Waals surface area contributed by atoms with Crippen molar-refractivity contribution in [2.75, 3.05) is 6.61 Å². The molecule has 0 radical (unpaired) electrons. The van der Waals surface area contributed by atoms with Gasteiger partial charge in [0.25, 0.3) is 0 Å². The van der Waals surface area contributed by atoms with Gasteiger partial charge in [-0.15, -0.1) is 0 Å². The van der Waals surface area contributed by atoms with Crippen molar-refractivity contribution >= 4 is 15.9 Å². The molecule has 0 aliphatic heterocycles. The van der Waals surface area contributed by atoms with Crippen LogP contribution in [0, 0.1) is 0 Å². The van der Waals surface area contributed by atoms with Crippen molar-refractivity contribution in [2.45, 2.75) is 37.4 Å². The van der Waals surface area contributed by atoms with Gasteiger partial charge in [-0.05, 0) is 33.1 Å². The molecule has 64 valence electrons. The lowest BCUT2D eigenvalue weighted by molar-refractivity contribution is 0.239. The number of hydrogen-bond acceptors (Lipinski definition) is 1. The van der Waals surface area contributed by atoms with Gasteiger partial charge in [0.05, 0.1) is 10.9 Å². The van der Waals surface area contributed by atoms with Crippen LogP contribution in [0.3, 0.4) is 0 Å². The minimum Gasteiger partial charge on any atom is -0.395 e. The first-order chi connectivity index (χ1) is 5.07. The van der Waals surface area contributed by atoms with Gasteiger partial charge >= 0.3 is 0 Å². The summed E-state index contributed by atoms with van der Waals surface area (Å²) >= 11 is 3.58. The Labute approximate surface area is 76.6 Å². The minimum absolute atomic E-state index is 0.0173. The predicted molar refractivity (Wildman–Crippen MR) is 51.0 cm³/mol. The van der Waals surface area contributed by atoms with Crippen LogP contribution in [0.4, 0.5) is 0 Å². The molecule has 2 heteroatoms. The van der Waals surface area contributed by atoms with Gasteiger partial charge in [-0.3, -0.25) is 0 Å². The largest absolute Gasteiger partial charge is 0.395 e. The zero-order chi connectivity index (χ0) is 8.48. The molecule has 0 aromatic rings. The SMILES string of the molecule is CC1=C(C)CC(Br)(CO)CC1. The Balaban J connectivity index is 2.71. The molecule has 0 heterocycles. The van der Waals surface area contributed by atoms with E-state index in [4.69, 9.17) is 5.11 Å². The Morgan fingerprint density at radius 2 is 2.09 bits per heavy atom. The van der Waals surface area contributed by atoms with Gasteiger partial charge in [0.1, 0.15) is 0 Å².